The number of unbranched alkanes of at least 4 members (excludes halogenated alkanes) is 5. The summed E-state index contributed by atoms with van der Waals surface area (Å²) in [6.45, 7) is 9.47. The van der Waals surface area contributed by atoms with Crippen LogP contribution in [-0.4, -0.2) is 86.3 Å². The van der Waals surface area contributed by atoms with Crippen molar-refractivity contribution in [3.05, 3.63) is 29.8 Å². The van der Waals surface area contributed by atoms with Crippen molar-refractivity contribution in [1.29, 1.82) is 0 Å². The van der Waals surface area contributed by atoms with Crippen LogP contribution in [0.4, 0.5) is 0 Å². The Morgan fingerprint density at radius 1 is 0.559 bits per heavy atom. The predicted octanol–water partition coefficient (Wildman–Crippen LogP) is 4.27. The number of likely N-dealkylation sites (N-methyl/N-ethyl adjacent to an activating group) is 1. The second kappa shape index (κ2) is 24.9. The van der Waals surface area contributed by atoms with Gasteiger partial charge < -0.3 is 33.7 Å². The first-order valence-electron chi connectivity index (χ1n) is 13.1. The molecule has 7 nitrogen and oxygen atoms in total. The van der Waals surface area contributed by atoms with Crippen molar-refractivity contribution < 1.29 is 28.4 Å². The Morgan fingerprint density at radius 3 is 1.56 bits per heavy atom. The minimum absolute atomic E-state index is 0.542. The predicted molar refractivity (Wildman–Crippen MR) is 137 cm³/mol. The minimum atomic E-state index is 0.542. The van der Waals surface area contributed by atoms with E-state index in [0.29, 0.717) is 72.7 Å². The molecule has 0 aliphatic rings. The minimum Gasteiger partial charge on any atom is -0.491 e. The Hall–Kier alpha value is -1.22. The van der Waals surface area contributed by atoms with Gasteiger partial charge in [0, 0.05) is 6.54 Å². The van der Waals surface area contributed by atoms with Crippen molar-refractivity contribution in [1.82, 2.24) is 5.32 Å². The van der Waals surface area contributed by atoms with Gasteiger partial charge in [-0.3, -0.25) is 0 Å². The van der Waals surface area contributed by atoms with E-state index in [1.165, 1.54) is 44.1 Å². The molecule has 0 fully saturated rings. The molecule has 1 aromatic rings. The largest absolute Gasteiger partial charge is 0.491 e. The highest BCUT2D eigenvalue weighted by Crippen LogP contribution is 2.15. The molecular weight excluding hydrogens is 434 g/mol. The van der Waals surface area contributed by atoms with Gasteiger partial charge in [-0.05, 0) is 37.6 Å². The van der Waals surface area contributed by atoms with E-state index in [0.717, 1.165) is 18.7 Å². The van der Waals surface area contributed by atoms with Crippen LogP contribution in [0.5, 0.6) is 5.75 Å². The molecule has 0 unspecified atom stereocenters. The molecule has 1 rings (SSSR count). The van der Waals surface area contributed by atoms with Gasteiger partial charge in [-0.15, -0.1) is 0 Å². The molecular formula is C27H49NO6. The SMILES string of the molecule is CCCCCCCCc1ccc(OCCOCCOCCOCCOCCOCCNC)cc1. The highest BCUT2D eigenvalue weighted by atomic mass is 16.6. The van der Waals surface area contributed by atoms with Gasteiger partial charge in [-0.1, -0.05) is 51.2 Å². The number of benzene rings is 1. The second-order valence-electron chi connectivity index (χ2n) is 8.18. The van der Waals surface area contributed by atoms with E-state index >= 15 is 0 Å². The van der Waals surface area contributed by atoms with Crippen LogP contribution >= 0.6 is 0 Å². The van der Waals surface area contributed by atoms with Crippen molar-refractivity contribution in [2.45, 2.75) is 51.9 Å². The van der Waals surface area contributed by atoms with Crippen LogP contribution < -0.4 is 10.1 Å². The molecule has 0 amide bonds. The van der Waals surface area contributed by atoms with E-state index in [9.17, 15) is 0 Å². The number of rotatable bonds is 26. The first-order chi connectivity index (χ1) is 16.9. The van der Waals surface area contributed by atoms with Gasteiger partial charge in [0.2, 0.25) is 0 Å². The van der Waals surface area contributed by atoms with Gasteiger partial charge in [-0.25, -0.2) is 0 Å². The lowest BCUT2D eigenvalue weighted by atomic mass is 10.0. The van der Waals surface area contributed by atoms with E-state index in [4.69, 9.17) is 28.4 Å². The molecule has 0 atom stereocenters. The average molecular weight is 484 g/mol. The summed E-state index contributed by atoms with van der Waals surface area (Å²) >= 11 is 0. The molecule has 198 valence electrons. The molecule has 0 spiro atoms. The summed E-state index contributed by atoms with van der Waals surface area (Å²) in [5, 5.41) is 3.03. The van der Waals surface area contributed by atoms with Crippen LogP contribution in [0, 0.1) is 0 Å². The van der Waals surface area contributed by atoms with Crippen LogP contribution in [0.3, 0.4) is 0 Å². The van der Waals surface area contributed by atoms with Gasteiger partial charge in [0.15, 0.2) is 0 Å². The van der Waals surface area contributed by atoms with Gasteiger partial charge in [0.05, 0.1) is 66.1 Å². The Balaban J connectivity index is 1.81. The molecule has 1 aromatic carbocycles. The molecule has 0 aliphatic heterocycles. The molecule has 7 heteroatoms. The van der Waals surface area contributed by atoms with Crippen LogP contribution in [-0.2, 0) is 30.1 Å². The van der Waals surface area contributed by atoms with E-state index in [1.807, 2.05) is 7.05 Å². The first-order valence-corrected chi connectivity index (χ1v) is 13.1. The number of nitrogens with one attached hydrogen (secondary N) is 1. The fraction of sp³-hybridized carbons (Fsp3) is 0.778. The quantitative estimate of drug-likeness (QED) is 0.197. The normalized spacial score (nSPS) is 11.2. The summed E-state index contributed by atoms with van der Waals surface area (Å²) in [5.74, 6) is 0.897. The van der Waals surface area contributed by atoms with Crippen LogP contribution in [0.25, 0.3) is 0 Å². The number of hydrogen-bond donors (Lipinski definition) is 1. The fourth-order valence-corrected chi connectivity index (χ4v) is 3.24. The van der Waals surface area contributed by atoms with E-state index in [2.05, 4.69) is 36.5 Å². The van der Waals surface area contributed by atoms with Crippen molar-refractivity contribution in [3.8, 4) is 5.75 Å². The average Bonchev–Trinajstić information content (AvgIpc) is 2.86. The third kappa shape index (κ3) is 20.2. The maximum Gasteiger partial charge on any atom is 0.119 e. The lowest BCUT2D eigenvalue weighted by Gasteiger charge is -2.09. The van der Waals surface area contributed by atoms with Crippen LogP contribution in [0.15, 0.2) is 24.3 Å². The maximum atomic E-state index is 5.75. The van der Waals surface area contributed by atoms with Gasteiger partial charge >= 0.3 is 0 Å². The van der Waals surface area contributed by atoms with E-state index < -0.39 is 0 Å². The van der Waals surface area contributed by atoms with Crippen molar-refractivity contribution in [2.75, 3.05) is 86.3 Å². The molecule has 0 aliphatic carbocycles. The highest BCUT2D eigenvalue weighted by Gasteiger charge is 1.98. The zero-order valence-corrected chi connectivity index (χ0v) is 21.7. The number of aryl methyl sites for hydroxylation is 1. The molecule has 0 aromatic heterocycles. The molecule has 0 saturated carbocycles. The van der Waals surface area contributed by atoms with Gasteiger partial charge in [-0.2, -0.15) is 0 Å². The second-order valence-corrected chi connectivity index (χ2v) is 8.18. The summed E-state index contributed by atoms with van der Waals surface area (Å²) in [4.78, 5) is 0. The molecule has 0 radical (unpaired) electrons. The number of ether oxygens (including phenoxy) is 6. The Labute approximate surface area is 207 Å². The number of hydrogen-bond acceptors (Lipinski definition) is 7. The third-order valence-electron chi connectivity index (χ3n) is 5.22. The van der Waals surface area contributed by atoms with Crippen molar-refractivity contribution >= 4 is 0 Å². The van der Waals surface area contributed by atoms with Gasteiger partial charge in [0.1, 0.15) is 12.4 Å². The monoisotopic (exact) mass is 483 g/mol. The fourth-order valence-electron chi connectivity index (χ4n) is 3.24. The summed E-state index contributed by atoms with van der Waals surface area (Å²) in [5.41, 5.74) is 1.39. The van der Waals surface area contributed by atoms with Crippen LogP contribution in [0.1, 0.15) is 51.0 Å². The lowest BCUT2D eigenvalue weighted by molar-refractivity contribution is -0.0124. The van der Waals surface area contributed by atoms with E-state index in [-0.39, 0.29) is 0 Å². The molecule has 34 heavy (non-hydrogen) atoms. The van der Waals surface area contributed by atoms with Gasteiger partial charge in [0.25, 0.3) is 0 Å². The lowest BCUT2D eigenvalue weighted by Crippen LogP contribution is -2.17. The summed E-state index contributed by atoms with van der Waals surface area (Å²) in [6.07, 6.45) is 9.16. The molecule has 0 bridgehead atoms. The van der Waals surface area contributed by atoms with Crippen molar-refractivity contribution in [3.63, 3.8) is 0 Å². The summed E-state index contributed by atoms with van der Waals surface area (Å²) in [7, 11) is 1.90. The van der Waals surface area contributed by atoms with Crippen LogP contribution in [0.2, 0.25) is 0 Å². The first kappa shape index (κ1) is 30.8. The summed E-state index contributed by atoms with van der Waals surface area (Å²) < 4.78 is 33.0. The van der Waals surface area contributed by atoms with Crippen molar-refractivity contribution in [2.24, 2.45) is 0 Å². The maximum absolute atomic E-state index is 5.75. The topological polar surface area (TPSA) is 67.4 Å². The summed E-state index contributed by atoms with van der Waals surface area (Å²) in [6, 6.07) is 8.45. The van der Waals surface area contributed by atoms with E-state index in [1.54, 1.807) is 0 Å². The highest BCUT2D eigenvalue weighted by molar-refractivity contribution is 5.27. The smallest absolute Gasteiger partial charge is 0.119 e. The Morgan fingerprint density at radius 2 is 1.03 bits per heavy atom. The molecule has 0 saturated heterocycles. The zero-order valence-electron chi connectivity index (χ0n) is 21.7. The zero-order chi connectivity index (χ0) is 24.4. The molecule has 1 N–H and O–H groups in total. The third-order valence-corrected chi connectivity index (χ3v) is 5.22. The molecule has 0 heterocycles. The Kier molecular flexibility index (Phi) is 22.6. The Bertz CT molecular complexity index is 528. The standard InChI is InChI=1S/C27H49NO6/c1-3-4-5-6-7-8-9-26-10-12-27(13-11-26)34-25-24-33-23-22-32-21-20-31-19-18-30-17-16-29-15-14-28-2/h10-13,28H,3-9,14-25H2,1-2H3.